The maximum atomic E-state index is 7.67. The van der Waals surface area contributed by atoms with Crippen molar-refractivity contribution >= 4 is 17.5 Å². The summed E-state index contributed by atoms with van der Waals surface area (Å²) in [7, 11) is 0. The standard InChI is InChI=1S/C19H24N2OS/c1-11-5-6-14-13-3-2-4-15(17(13)22-19(14)21-11)16-18-12(7-9-20-16)8-10-23-18/h7-8,10,13-14,16,18-20H,2-6,9H2,1H3/t13-,14?,16-,18?,19?/m0/s1/i1D3. The van der Waals surface area contributed by atoms with E-state index in [0.29, 0.717) is 35.3 Å². The average Bonchev–Trinajstić information content (AvgIpc) is 3.24. The van der Waals surface area contributed by atoms with Crippen LogP contribution in [-0.4, -0.2) is 29.8 Å². The van der Waals surface area contributed by atoms with Gasteiger partial charge in [0.05, 0.1) is 5.25 Å². The first-order chi connectivity index (χ1) is 12.5. The summed E-state index contributed by atoms with van der Waals surface area (Å²) in [5.41, 5.74) is 3.18. The molecule has 0 aromatic carbocycles. The number of hydrogen-bond acceptors (Lipinski definition) is 4. The number of aliphatic imine (C=N–C) groups is 1. The molecule has 122 valence electrons. The summed E-state index contributed by atoms with van der Waals surface area (Å²) in [6.45, 7) is -1.19. The minimum absolute atomic E-state index is 0.291. The molecule has 4 aliphatic heterocycles. The quantitative estimate of drug-likeness (QED) is 0.793. The summed E-state index contributed by atoms with van der Waals surface area (Å²) in [6, 6.07) is 0.319. The van der Waals surface area contributed by atoms with Gasteiger partial charge in [0.25, 0.3) is 0 Å². The SMILES string of the molecule is [2H]C([2H])([2H])C1=NC2OC3=C([C@@H]4NCC=C5C=CSC54)CCC[C@H]3C2CC1. The number of rotatable bonds is 1. The van der Waals surface area contributed by atoms with Crippen molar-refractivity contribution in [3.05, 3.63) is 34.5 Å². The lowest BCUT2D eigenvalue weighted by molar-refractivity contribution is 0.128. The van der Waals surface area contributed by atoms with Gasteiger partial charge in [0, 0.05) is 34.2 Å². The fourth-order valence-corrected chi connectivity index (χ4v) is 5.99. The fourth-order valence-electron chi connectivity index (χ4n) is 4.84. The van der Waals surface area contributed by atoms with Crippen LogP contribution in [0.15, 0.2) is 39.5 Å². The van der Waals surface area contributed by atoms with E-state index in [1.54, 1.807) is 0 Å². The van der Waals surface area contributed by atoms with Crippen LogP contribution in [0.1, 0.15) is 43.1 Å². The van der Waals surface area contributed by atoms with Gasteiger partial charge in [-0.05, 0) is 55.5 Å². The first-order valence-corrected chi connectivity index (χ1v) is 9.69. The van der Waals surface area contributed by atoms with Gasteiger partial charge in [-0.25, -0.2) is 0 Å². The third-order valence-electron chi connectivity index (χ3n) is 5.91. The molecule has 3 nitrogen and oxygen atoms in total. The number of nitrogens with one attached hydrogen (secondary N) is 1. The highest BCUT2D eigenvalue weighted by Crippen LogP contribution is 2.50. The Morgan fingerprint density at radius 3 is 3.35 bits per heavy atom. The van der Waals surface area contributed by atoms with Crippen LogP contribution in [0.25, 0.3) is 0 Å². The molecule has 1 saturated heterocycles. The Hall–Kier alpha value is -1.00. The molecule has 0 bridgehead atoms. The van der Waals surface area contributed by atoms with Gasteiger partial charge in [-0.1, -0.05) is 12.2 Å². The van der Waals surface area contributed by atoms with Gasteiger partial charge in [0.2, 0.25) is 0 Å². The Morgan fingerprint density at radius 2 is 2.39 bits per heavy atom. The zero-order chi connectivity index (χ0) is 17.9. The maximum absolute atomic E-state index is 7.67. The number of fused-ring (bicyclic) bond motifs is 4. The van der Waals surface area contributed by atoms with Crippen LogP contribution in [0.4, 0.5) is 0 Å². The highest BCUT2D eigenvalue weighted by molar-refractivity contribution is 8.03. The lowest BCUT2D eigenvalue weighted by Crippen LogP contribution is -2.44. The second-order valence-electron chi connectivity index (χ2n) is 7.12. The van der Waals surface area contributed by atoms with E-state index in [-0.39, 0.29) is 6.23 Å². The topological polar surface area (TPSA) is 33.6 Å². The first-order valence-electron chi connectivity index (χ1n) is 10.2. The molecule has 0 saturated carbocycles. The number of allylic oxidation sites excluding steroid dienone is 2. The predicted molar refractivity (Wildman–Crippen MR) is 95.5 cm³/mol. The molecule has 4 heteroatoms. The summed E-state index contributed by atoms with van der Waals surface area (Å²) in [6.07, 6.45) is 9.09. The van der Waals surface area contributed by atoms with Crippen molar-refractivity contribution < 1.29 is 8.85 Å². The Kier molecular flexibility index (Phi) is 2.77. The molecule has 5 atom stereocenters. The van der Waals surface area contributed by atoms with Crippen LogP contribution in [0.3, 0.4) is 0 Å². The van der Waals surface area contributed by atoms with E-state index in [1.165, 1.54) is 17.6 Å². The van der Waals surface area contributed by atoms with E-state index < -0.39 is 6.85 Å². The fraction of sp³-hybridized carbons (Fsp3) is 0.632. The third kappa shape index (κ3) is 2.25. The summed E-state index contributed by atoms with van der Waals surface area (Å²) in [4.78, 5) is 4.53. The zero-order valence-electron chi connectivity index (χ0n) is 16.1. The molecule has 0 aromatic rings. The van der Waals surface area contributed by atoms with E-state index >= 15 is 0 Å². The van der Waals surface area contributed by atoms with E-state index in [0.717, 1.165) is 31.6 Å². The normalized spacial score (nSPS) is 44.2. The number of nitrogens with zero attached hydrogens (tertiary/aromatic N) is 1. The Balaban J connectivity index is 1.47. The van der Waals surface area contributed by atoms with Crippen LogP contribution < -0.4 is 5.32 Å². The van der Waals surface area contributed by atoms with Crippen LogP contribution in [0.2, 0.25) is 0 Å². The molecule has 0 amide bonds. The van der Waals surface area contributed by atoms with Crippen LogP contribution in [0.5, 0.6) is 0 Å². The van der Waals surface area contributed by atoms with E-state index in [4.69, 9.17) is 8.85 Å². The monoisotopic (exact) mass is 331 g/mol. The Morgan fingerprint density at radius 1 is 1.39 bits per heavy atom. The molecule has 0 radical (unpaired) electrons. The van der Waals surface area contributed by atoms with Gasteiger partial charge < -0.3 is 10.1 Å². The van der Waals surface area contributed by atoms with Crippen molar-refractivity contribution in [2.75, 3.05) is 6.54 Å². The molecule has 5 rings (SSSR count). The van der Waals surface area contributed by atoms with E-state index in [2.05, 4.69) is 27.9 Å². The highest BCUT2D eigenvalue weighted by Gasteiger charge is 2.47. The summed E-state index contributed by atoms with van der Waals surface area (Å²) < 4.78 is 29.4. The van der Waals surface area contributed by atoms with Crippen molar-refractivity contribution in [1.29, 1.82) is 0 Å². The van der Waals surface area contributed by atoms with Gasteiger partial charge in [-0.2, -0.15) is 0 Å². The van der Waals surface area contributed by atoms with Crippen molar-refractivity contribution in [3.8, 4) is 0 Å². The lowest BCUT2D eigenvalue weighted by atomic mass is 9.76. The van der Waals surface area contributed by atoms with Gasteiger partial charge in [-0.15, -0.1) is 11.8 Å². The molecule has 0 aromatic heterocycles. The molecular weight excluding hydrogens is 304 g/mol. The Bertz CT molecular complexity index is 740. The van der Waals surface area contributed by atoms with Crippen LogP contribution in [0, 0.1) is 11.8 Å². The van der Waals surface area contributed by atoms with E-state index in [9.17, 15) is 0 Å². The molecule has 1 N–H and O–H groups in total. The number of thioether (sulfide) groups is 1. The van der Waals surface area contributed by atoms with Crippen molar-refractivity contribution in [3.63, 3.8) is 0 Å². The largest absolute Gasteiger partial charge is 0.472 e. The molecule has 5 aliphatic rings. The smallest absolute Gasteiger partial charge is 0.192 e. The summed E-state index contributed by atoms with van der Waals surface area (Å²) >= 11 is 1.89. The Labute approximate surface area is 146 Å². The maximum Gasteiger partial charge on any atom is 0.192 e. The summed E-state index contributed by atoms with van der Waals surface area (Å²) in [5, 5.41) is 6.33. The molecule has 4 heterocycles. The van der Waals surface area contributed by atoms with Crippen LogP contribution in [-0.2, 0) is 4.74 Å². The number of ether oxygens (including phenoxy) is 1. The molecule has 0 spiro atoms. The van der Waals surface area contributed by atoms with Crippen molar-refractivity contribution in [2.45, 2.75) is 56.5 Å². The molecule has 1 fully saturated rings. The van der Waals surface area contributed by atoms with Crippen molar-refractivity contribution in [2.24, 2.45) is 16.8 Å². The lowest BCUT2D eigenvalue weighted by Gasteiger charge is -2.35. The molecule has 1 aliphatic carbocycles. The van der Waals surface area contributed by atoms with Crippen LogP contribution >= 0.6 is 11.8 Å². The number of hydrogen-bond donors (Lipinski definition) is 1. The van der Waals surface area contributed by atoms with Gasteiger partial charge in [-0.3, -0.25) is 4.99 Å². The van der Waals surface area contributed by atoms with Gasteiger partial charge >= 0.3 is 0 Å². The average molecular weight is 331 g/mol. The zero-order valence-corrected chi connectivity index (χ0v) is 13.9. The van der Waals surface area contributed by atoms with Crippen molar-refractivity contribution in [1.82, 2.24) is 5.32 Å². The minimum Gasteiger partial charge on any atom is -0.472 e. The molecular formula is C19H24N2OS. The molecule has 23 heavy (non-hydrogen) atoms. The molecule has 3 unspecified atom stereocenters. The minimum atomic E-state index is -2.09. The third-order valence-corrected chi connectivity index (χ3v) is 7.04. The first kappa shape index (κ1) is 11.5. The van der Waals surface area contributed by atoms with Gasteiger partial charge in [0.1, 0.15) is 5.76 Å². The highest BCUT2D eigenvalue weighted by atomic mass is 32.2. The second kappa shape index (κ2) is 5.52. The summed E-state index contributed by atoms with van der Waals surface area (Å²) in [5.74, 6) is 1.90. The van der Waals surface area contributed by atoms with E-state index in [1.807, 2.05) is 11.8 Å². The second-order valence-corrected chi connectivity index (χ2v) is 8.18. The predicted octanol–water partition coefficient (Wildman–Crippen LogP) is 3.80. The van der Waals surface area contributed by atoms with Gasteiger partial charge in [0.15, 0.2) is 6.23 Å².